The number of amides is 2. The highest BCUT2D eigenvalue weighted by molar-refractivity contribution is 7.84. The molecule has 0 spiro atoms. The van der Waals surface area contributed by atoms with Gasteiger partial charge in [-0.05, 0) is 13.8 Å². The zero-order valence-corrected chi connectivity index (χ0v) is 9.33. The molecule has 2 amide bonds. The molecule has 2 N–H and O–H groups in total. The van der Waals surface area contributed by atoms with Gasteiger partial charge in [0.2, 0.25) is 5.91 Å². The quantitative estimate of drug-likeness (QED) is 0.468. The maximum Gasteiger partial charge on any atom is 0.362 e. The molecule has 1 rings (SSSR count). The van der Waals surface area contributed by atoms with Crippen molar-refractivity contribution < 1.29 is 22.6 Å². The van der Waals surface area contributed by atoms with Crippen LogP contribution in [0.15, 0.2) is 0 Å². The standard InChI is InChI=1S/C7H12N2O5S/c1-4(10)8-5-6(11)9(7(5,2)3)15(12,13)14/h5H,1-3H3,(H,8,10)(H,12,13,14). The molecule has 8 heteroatoms. The van der Waals surface area contributed by atoms with Crippen molar-refractivity contribution in [2.24, 2.45) is 0 Å². The monoisotopic (exact) mass is 236 g/mol. The van der Waals surface area contributed by atoms with Crippen LogP contribution in [0.1, 0.15) is 20.8 Å². The highest BCUT2D eigenvalue weighted by Gasteiger charge is 2.59. The molecule has 86 valence electrons. The van der Waals surface area contributed by atoms with E-state index in [1.54, 1.807) is 0 Å². The van der Waals surface area contributed by atoms with E-state index in [0.29, 0.717) is 4.31 Å². The van der Waals surface area contributed by atoms with E-state index in [-0.39, 0.29) is 0 Å². The first-order valence-electron chi connectivity index (χ1n) is 4.17. The Morgan fingerprint density at radius 3 is 2.27 bits per heavy atom. The van der Waals surface area contributed by atoms with E-state index in [9.17, 15) is 18.0 Å². The van der Waals surface area contributed by atoms with Crippen molar-refractivity contribution in [2.45, 2.75) is 32.4 Å². The molecule has 0 aliphatic carbocycles. The van der Waals surface area contributed by atoms with E-state index in [0.717, 1.165) is 0 Å². The van der Waals surface area contributed by atoms with E-state index in [1.165, 1.54) is 20.8 Å². The van der Waals surface area contributed by atoms with Crippen LogP contribution in [-0.4, -0.2) is 40.7 Å². The van der Waals surface area contributed by atoms with Crippen LogP contribution in [0, 0.1) is 0 Å². The average molecular weight is 236 g/mol. The molecule has 1 unspecified atom stereocenters. The van der Waals surface area contributed by atoms with E-state index < -0.39 is 33.7 Å². The predicted molar refractivity (Wildman–Crippen MR) is 50.1 cm³/mol. The zero-order valence-electron chi connectivity index (χ0n) is 8.51. The van der Waals surface area contributed by atoms with Gasteiger partial charge < -0.3 is 5.32 Å². The molecule has 1 aliphatic heterocycles. The van der Waals surface area contributed by atoms with Crippen molar-refractivity contribution in [2.75, 3.05) is 0 Å². The summed E-state index contributed by atoms with van der Waals surface area (Å²) in [4.78, 5) is 22.1. The summed E-state index contributed by atoms with van der Waals surface area (Å²) in [6.07, 6.45) is 0. The topological polar surface area (TPSA) is 104 Å². The molecule has 0 radical (unpaired) electrons. The molecular formula is C7H12N2O5S. The van der Waals surface area contributed by atoms with E-state index >= 15 is 0 Å². The van der Waals surface area contributed by atoms with E-state index in [4.69, 9.17) is 4.55 Å². The second kappa shape index (κ2) is 3.17. The molecule has 0 aromatic carbocycles. The van der Waals surface area contributed by atoms with Gasteiger partial charge in [-0.25, -0.2) is 4.31 Å². The number of carbonyl (C=O) groups is 2. The van der Waals surface area contributed by atoms with Crippen LogP contribution in [0.2, 0.25) is 0 Å². The largest absolute Gasteiger partial charge is 0.362 e. The Bertz CT molecular complexity index is 413. The third-order valence-electron chi connectivity index (χ3n) is 2.26. The maximum absolute atomic E-state index is 11.3. The first-order valence-corrected chi connectivity index (χ1v) is 5.57. The Kier molecular flexibility index (Phi) is 2.52. The fourth-order valence-corrected chi connectivity index (χ4v) is 2.64. The predicted octanol–water partition coefficient (Wildman–Crippen LogP) is -1.09. The highest BCUT2D eigenvalue weighted by Crippen LogP contribution is 2.33. The molecule has 7 nitrogen and oxygen atoms in total. The lowest BCUT2D eigenvalue weighted by atomic mass is 9.85. The van der Waals surface area contributed by atoms with Crippen LogP contribution in [0.3, 0.4) is 0 Å². The normalized spacial score (nSPS) is 24.7. The second-order valence-corrected chi connectivity index (χ2v) is 5.13. The Balaban J connectivity index is 2.96. The number of rotatable bonds is 2. The minimum Gasteiger partial charge on any atom is -0.342 e. The third-order valence-corrected chi connectivity index (χ3v) is 3.37. The van der Waals surface area contributed by atoms with Gasteiger partial charge in [0.15, 0.2) is 0 Å². The molecule has 1 saturated heterocycles. The van der Waals surface area contributed by atoms with Crippen molar-refractivity contribution in [3.63, 3.8) is 0 Å². The summed E-state index contributed by atoms with van der Waals surface area (Å²) >= 11 is 0. The number of hydrogen-bond donors (Lipinski definition) is 2. The summed E-state index contributed by atoms with van der Waals surface area (Å²) in [5.74, 6) is -1.27. The Morgan fingerprint density at radius 1 is 1.53 bits per heavy atom. The van der Waals surface area contributed by atoms with Gasteiger partial charge in [-0.15, -0.1) is 0 Å². The summed E-state index contributed by atoms with van der Waals surface area (Å²) in [7, 11) is -4.56. The number of nitrogens with one attached hydrogen (secondary N) is 1. The lowest BCUT2D eigenvalue weighted by Gasteiger charge is -2.50. The van der Waals surface area contributed by atoms with Crippen LogP contribution < -0.4 is 5.32 Å². The van der Waals surface area contributed by atoms with Gasteiger partial charge in [-0.3, -0.25) is 14.1 Å². The molecule has 0 bridgehead atoms. The summed E-state index contributed by atoms with van der Waals surface area (Å²) in [5.41, 5.74) is -1.14. The summed E-state index contributed by atoms with van der Waals surface area (Å²) < 4.78 is 30.7. The zero-order chi connectivity index (χ0) is 12.0. The molecule has 15 heavy (non-hydrogen) atoms. The van der Waals surface area contributed by atoms with Crippen LogP contribution in [0.25, 0.3) is 0 Å². The van der Waals surface area contributed by atoms with Crippen LogP contribution in [0.4, 0.5) is 0 Å². The summed E-state index contributed by atoms with van der Waals surface area (Å²) in [6, 6.07) is -0.920. The van der Waals surface area contributed by atoms with Crippen LogP contribution >= 0.6 is 0 Å². The molecule has 1 atom stereocenters. The van der Waals surface area contributed by atoms with Crippen molar-refractivity contribution in [3.05, 3.63) is 0 Å². The highest BCUT2D eigenvalue weighted by atomic mass is 32.2. The number of carbonyl (C=O) groups excluding carboxylic acids is 2. The maximum atomic E-state index is 11.3. The number of β-lactam (4-membered cyclic amide) rings is 1. The Morgan fingerprint density at radius 2 is 2.00 bits per heavy atom. The molecular weight excluding hydrogens is 224 g/mol. The van der Waals surface area contributed by atoms with Gasteiger partial charge in [-0.2, -0.15) is 8.42 Å². The van der Waals surface area contributed by atoms with Crippen molar-refractivity contribution in [1.82, 2.24) is 9.62 Å². The molecule has 1 aliphatic rings. The minimum absolute atomic E-state index is 0.348. The van der Waals surface area contributed by atoms with E-state index in [1.807, 2.05) is 0 Å². The lowest BCUT2D eigenvalue weighted by Crippen LogP contribution is -2.77. The fraction of sp³-hybridized carbons (Fsp3) is 0.714. The molecule has 0 aromatic heterocycles. The molecule has 1 heterocycles. The fourth-order valence-electron chi connectivity index (χ4n) is 1.61. The van der Waals surface area contributed by atoms with Gasteiger partial charge in [0.25, 0.3) is 5.91 Å². The molecule has 1 fully saturated rings. The molecule has 0 aromatic rings. The van der Waals surface area contributed by atoms with Crippen molar-refractivity contribution in [3.8, 4) is 0 Å². The Hall–Kier alpha value is -1.15. The van der Waals surface area contributed by atoms with Crippen molar-refractivity contribution >= 4 is 22.1 Å². The minimum atomic E-state index is -4.56. The first-order chi connectivity index (χ1) is 6.58. The summed E-state index contributed by atoms with van der Waals surface area (Å²) in [6.45, 7) is 4.09. The first kappa shape index (κ1) is 11.9. The Labute approximate surface area is 87.3 Å². The number of hydrogen-bond acceptors (Lipinski definition) is 4. The van der Waals surface area contributed by atoms with Gasteiger partial charge >= 0.3 is 10.3 Å². The SMILES string of the molecule is CC(=O)NC1C(=O)N(S(=O)(=O)O)C1(C)C. The second-order valence-electron chi connectivity index (χ2n) is 3.87. The van der Waals surface area contributed by atoms with Gasteiger partial charge in [0.05, 0.1) is 5.54 Å². The van der Waals surface area contributed by atoms with E-state index in [2.05, 4.69) is 5.32 Å². The van der Waals surface area contributed by atoms with Gasteiger partial charge in [-0.1, -0.05) is 0 Å². The lowest BCUT2D eigenvalue weighted by molar-refractivity contribution is -0.151. The van der Waals surface area contributed by atoms with Crippen molar-refractivity contribution in [1.29, 1.82) is 0 Å². The third kappa shape index (κ3) is 1.82. The summed E-state index contributed by atoms with van der Waals surface area (Å²) in [5, 5.41) is 2.32. The molecule has 0 saturated carbocycles. The van der Waals surface area contributed by atoms with Gasteiger partial charge in [0, 0.05) is 6.92 Å². The van der Waals surface area contributed by atoms with Crippen LogP contribution in [-0.2, 0) is 19.9 Å². The van der Waals surface area contributed by atoms with Crippen LogP contribution in [0.5, 0.6) is 0 Å². The average Bonchev–Trinajstić information content (AvgIpc) is 1.96. The number of nitrogens with zero attached hydrogens (tertiary/aromatic N) is 1. The van der Waals surface area contributed by atoms with Gasteiger partial charge in [0.1, 0.15) is 6.04 Å². The smallest absolute Gasteiger partial charge is 0.342 e.